The van der Waals surface area contributed by atoms with Crippen molar-refractivity contribution in [3.8, 4) is 0 Å². The summed E-state index contributed by atoms with van der Waals surface area (Å²) < 4.78 is 4.73. The summed E-state index contributed by atoms with van der Waals surface area (Å²) in [5.41, 5.74) is 0. The molecule has 1 amide bonds. The molecular formula is C13H24N2O3. The smallest absolute Gasteiger partial charge is 0.308 e. The second-order valence-corrected chi connectivity index (χ2v) is 4.78. The highest BCUT2D eigenvalue weighted by Crippen LogP contribution is 2.17. The number of nitrogens with zero attached hydrogens (tertiary/aromatic N) is 1. The van der Waals surface area contributed by atoms with E-state index in [1.165, 1.54) is 7.11 Å². The van der Waals surface area contributed by atoms with Crippen LogP contribution in [0.3, 0.4) is 0 Å². The van der Waals surface area contributed by atoms with Gasteiger partial charge in [0.1, 0.15) is 0 Å². The van der Waals surface area contributed by atoms with E-state index < -0.39 is 0 Å². The fraction of sp³-hybridized carbons (Fsp3) is 0.846. The third kappa shape index (κ3) is 5.04. The number of carbonyl (C=O) groups excluding carboxylic acids is 2. The Morgan fingerprint density at radius 3 is 2.56 bits per heavy atom. The number of ether oxygens (including phenoxy) is 1. The van der Waals surface area contributed by atoms with Crippen LogP contribution >= 0.6 is 0 Å². The van der Waals surface area contributed by atoms with Gasteiger partial charge in [-0.2, -0.15) is 0 Å². The maximum absolute atomic E-state index is 11.6. The number of unbranched alkanes of at least 4 members (excludes halogenated alkanes) is 1. The quantitative estimate of drug-likeness (QED) is 0.564. The van der Waals surface area contributed by atoms with Crippen LogP contribution in [0.5, 0.6) is 0 Å². The predicted molar refractivity (Wildman–Crippen MR) is 69.1 cm³/mol. The zero-order chi connectivity index (χ0) is 13.4. The Balaban J connectivity index is 2.18. The van der Waals surface area contributed by atoms with Crippen molar-refractivity contribution < 1.29 is 14.3 Å². The molecule has 0 saturated carbocycles. The molecule has 1 heterocycles. The second-order valence-electron chi connectivity index (χ2n) is 4.78. The molecule has 1 aliphatic heterocycles. The van der Waals surface area contributed by atoms with Crippen molar-refractivity contribution in [1.29, 1.82) is 0 Å². The second kappa shape index (κ2) is 8.08. The predicted octanol–water partition coefficient (Wildman–Crippen LogP) is 0.788. The van der Waals surface area contributed by atoms with Gasteiger partial charge in [-0.3, -0.25) is 14.5 Å². The van der Waals surface area contributed by atoms with Gasteiger partial charge in [-0.05, 0) is 32.4 Å². The Labute approximate surface area is 109 Å². The van der Waals surface area contributed by atoms with Gasteiger partial charge in [0.05, 0.1) is 19.6 Å². The van der Waals surface area contributed by atoms with E-state index in [1.807, 2.05) is 0 Å². The van der Waals surface area contributed by atoms with Gasteiger partial charge < -0.3 is 10.1 Å². The van der Waals surface area contributed by atoms with Gasteiger partial charge in [0.15, 0.2) is 0 Å². The first-order chi connectivity index (χ1) is 8.67. The minimum Gasteiger partial charge on any atom is -0.469 e. The van der Waals surface area contributed by atoms with Crippen molar-refractivity contribution in [2.24, 2.45) is 5.92 Å². The molecule has 18 heavy (non-hydrogen) atoms. The van der Waals surface area contributed by atoms with Gasteiger partial charge in [-0.15, -0.1) is 0 Å². The maximum atomic E-state index is 11.6. The molecule has 1 aliphatic rings. The lowest BCUT2D eigenvalue weighted by molar-refractivity contribution is -0.147. The van der Waals surface area contributed by atoms with E-state index in [9.17, 15) is 9.59 Å². The molecule has 0 aliphatic carbocycles. The molecule has 0 radical (unpaired) electrons. The van der Waals surface area contributed by atoms with Gasteiger partial charge in [-0.1, -0.05) is 13.3 Å². The summed E-state index contributed by atoms with van der Waals surface area (Å²) >= 11 is 0. The number of esters is 1. The Bertz CT molecular complexity index is 273. The maximum Gasteiger partial charge on any atom is 0.308 e. The van der Waals surface area contributed by atoms with E-state index in [1.54, 1.807) is 0 Å². The summed E-state index contributed by atoms with van der Waals surface area (Å²) in [4.78, 5) is 25.1. The average molecular weight is 256 g/mol. The van der Waals surface area contributed by atoms with Crippen LogP contribution < -0.4 is 5.32 Å². The summed E-state index contributed by atoms with van der Waals surface area (Å²) in [7, 11) is 1.43. The van der Waals surface area contributed by atoms with Gasteiger partial charge in [0, 0.05) is 6.54 Å². The lowest BCUT2D eigenvalue weighted by Crippen LogP contribution is -2.43. The lowest BCUT2D eigenvalue weighted by Gasteiger charge is -2.29. The van der Waals surface area contributed by atoms with Crippen molar-refractivity contribution in [3.63, 3.8) is 0 Å². The fourth-order valence-corrected chi connectivity index (χ4v) is 2.16. The first-order valence-electron chi connectivity index (χ1n) is 6.74. The summed E-state index contributed by atoms with van der Waals surface area (Å²) in [6, 6.07) is 0. The number of methoxy groups -OCH3 is 1. The lowest BCUT2D eigenvalue weighted by atomic mass is 9.97. The molecule has 1 fully saturated rings. The molecule has 1 rings (SSSR count). The molecule has 1 N–H and O–H groups in total. The average Bonchev–Trinajstić information content (AvgIpc) is 2.39. The largest absolute Gasteiger partial charge is 0.469 e. The molecule has 1 saturated heterocycles. The van der Waals surface area contributed by atoms with Crippen molar-refractivity contribution in [2.45, 2.75) is 32.6 Å². The van der Waals surface area contributed by atoms with Crippen LogP contribution in [-0.2, 0) is 14.3 Å². The minimum absolute atomic E-state index is 0.00871. The van der Waals surface area contributed by atoms with Gasteiger partial charge >= 0.3 is 5.97 Å². The summed E-state index contributed by atoms with van der Waals surface area (Å²) in [6.45, 7) is 4.89. The minimum atomic E-state index is -0.123. The summed E-state index contributed by atoms with van der Waals surface area (Å²) in [5, 5.41) is 2.90. The van der Waals surface area contributed by atoms with E-state index in [4.69, 9.17) is 4.74 Å². The Morgan fingerprint density at radius 1 is 1.33 bits per heavy atom. The highest BCUT2D eigenvalue weighted by atomic mass is 16.5. The standard InChI is InChI=1S/C13H24N2O3/c1-3-4-7-14-12(16)10-15-8-5-11(6-9-15)13(17)18-2/h11H,3-10H2,1-2H3,(H,14,16). The third-order valence-electron chi connectivity index (χ3n) is 3.34. The van der Waals surface area contributed by atoms with E-state index in [2.05, 4.69) is 17.1 Å². The van der Waals surface area contributed by atoms with Crippen LogP contribution in [0, 0.1) is 5.92 Å². The van der Waals surface area contributed by atoms with Crippen LogP contribution in [-0.4, -0.2) is 50.1 Å². The highest BCUT2D eigenvalue weighted by molar-refractivity contribution is 5.78. The topological polar surface area (TPSA) is 58.6 Å². The van der Waals surface area contributed by atoms with E-state index in [0.29, 0.717) is 6.54 Å². The number of rotatable bonds is 6. The molecule has 0 aromatic rings. The van der Waals surface area contributed by atoms with Crippen LogP contribution in [0.4, 0.5) is 0 Å². The SMILES string of the molecule is CCCCNC(=O)CN1CCC(C(=O)OC)CC1. The zero-order valence-electron chi connectivity index (χ0n) is 11.4. The molecule has 0 unspecified atom stereocenters. The Hall–Kier alpha value is -1.10. The number of carbonyl (C=O) groups is 2. The van der Waals surface area contributed by atoms with Gasteiger partial charge in [0.2, 0.25) is 5.91 Å². The van der Waals surface area contributed by atoms with Crippen LogP contribution in [0.1, 0.15) is 32.6 Å². The van der Waals surface area contributed by atoms with E-state index in [0.717, 1.165) is 45.3 Å². The van der Waals surface area contributed by atoms with Crippen molar-refractivity contribution in [1.82, 2.24) is 10.2 Å². The fourth-order valence-electron chi connectivity index (χ4n) is 2.16. The Morgan fingerprint density at radius 2 is 2.00 bits per heavy atom. The van der Waals surface area contributed by atoms with Crippen LogP contribution in [0.15, 0.2) is 0 Å². The summed E-state index contributed by atoms with van der Waals surface area (Å²) in [5.74, 6) is -0.0311. The molecule has 5 nitrogen and oxygen atoms in total. The summed E-state index contributed by atoms with van der Waals surface area (Å²) in [6.07, 6.45) is 3.69. The van der Waals surface area contributed by atoms with Gasteiger partial charge in [0.25, 0.3) is 0 Å². The van der Waals surface area contributed by atoms with Crippen LogP contribution in [0.2, 0.25) is 0 Å². The molecule has 0 spiro atoms. The van der Waals surface area contributed by atoms with Crippen molar-refractivity contribution in [2.75, 3.05) is 33.3 Å². The monoisotopic (exact) mass is 256 g/mol. The number of hydrogen-bond donors (Lipinski definition) is 1. The highest BCUT2D eigenvalue weighted by Gasteiger charge is 2.26. The van der Waals surface area contributed by atoms with E-state index in [-0.39, 0.29) is 17.8 Å². The zero-order valence-corrected chi connectivity index (χ0v) is 11.4. The van der Waals surface area contributed by atoms with Crippen molar-refractivity contribution >= 4 is 11.9 Å². The van der Waals surface area contributed by atoms with E-state index >= 15 is 0 Å². The number of amides is 1. The molecule has 0 aromatic heterocycles. The van der Waals surface area contributed by atoms with Crippen molar-refractivity contribution in [3.05, 3.63) is 0 Å². The molecule has 0 aromatic carbocycles. The molecule has 104 valence electrons. The normalized spacial score (nSPS) is 17.4. The first kappa shape index (κ1) is 15.0. The molecule has 5 heteroatoms. The number of nitrogens with one attached hydrogen (secondary N) is 1. The molecule has 0 bridgehead atoms. The third-order valence-corrected chi connectivity index (χ3v) is 3.34. The van der Waals surface area contributed by atoms with Gasteiger partial charge in [-0.25, -0.2) is 0 Å². The number of likely N-dealkylation sites (tertiary alicyclic amines) is 1. The molecule has 0 atom stereocenters. The number of piperidine rings is 1. The molecular weight excluding hydrogens is 232 g/mol. The first-order valence-corrected chi connectivity index (χ1v) is 6.74. The number of hydrogen-bond acceptors (Lipinski definition) is 4. The van der Waals surface area contributed by atoms with Crippen LogP contribution in [0.25, 0.3) is 0 Å². The Kier molecular flexibility index (Phi) is 6.72.